The molecule has 1 aromatic carbocycles. The molecule has 0 saturated carbocycles. The van der Waals surface area contributed by atoms with Gasteiger partial charge in [0.15, 0.2) is 17.7 Å². The van der Waals surface area contributed by atoms with E-state index in [1.165, 1.54) is 5.56 Å². The highest BCUT2D eigenvalue weighted by Crippen LogP contribution is 2.41. The number of hydrogen-bond donors (Lipinski definition) is 0. The number of likely N-dealkylation sites (N-methyl/N-ethyl adjacent to an activating group) is 1. The molecule has 0 saturated heterocycles. The minimum atomic E-state index is 0. The summed E-state index contributed by atoms with van der Waals surface area (Å²) < 4.78 is 18.3. The largest absolute Gasteiger partial charge is 1.00 e. The maximum absolute atomic E-state index is 5.46. The Hall–Kier alpha value is -0.980. The fourth-order valence-corrected chi connectivity index (χ4v) is 2.16. The first kappa shape index (κ1) is 15.1. The summed E-state index contributed by atoms with van der Waals surface area (Å²) in [7, 11) is 6.97. The van der Waals surface area contributed by atoms with Crippen molar-refractivity contribution in [1.82, 2.24) is 0 Å². The van der Waals surface area contributed by atoms with Crippen molar-refractivity contribution in [3.63, 3.8) is 0 Å². The van der Waals surface area contributed by atoms with Gasteiger partial charge in [0.1, 0.15) is 13.6 Å². The standard InChI is InChI=1S/C13H18NO3.HI/c1-14-6-5-9-7-11(15-2)13(17-4)12(16-3)10(9)8-14;/h7-8H,5-6H2,1-4H3;1H/q+1;/p-1. The summed E-state index contributed by atoms with van der Waals surface area (Å²) in [5.74, 6) is 2.12. The molecule has 1 aromatic rings. The molecule has 0 radical (unpaired) electrons. The van der Waals surface area contributed by atoms with Gasteiger partial charge in [-0.3, -0.25) is 0 Å². The van der Waals surface area contributed by atoms with Crippen molar-refractivity contribution >= 4 is 6.21 Å². The summed E-state index contributed by atoms with van der Waals surface area (Å²) in [6.45, 7) is 1.01. The van der Waals surface area contributed by atoms with Crippen LogP contribution in [0.25, 0.3) is 0 Å². The number of fused-ring (bicyclic) bond motifs is 1. The summed E-state index contributed by atoms with van der Waals surface area (Å²) in [5.41, 5.74) is 2.32. The SMILES string of the molecule is COc1cc2c(c(OC)c1OC)C=[N+](C)CC2.[I-]. The number of ether oxygens (including phenoxy) is 3. The maximum Gasteiger partial charge on any atom is 0.204 e. The lowest BCUT2D eigenvalue weighted by atomic mass is 10.00. The molecule has 18 heavy (non-hydrogen) atoms. The average Bonchev–Trinajstić information content (AvgIpc) is 2.36. The van der Waals surface area contributed by atoms with E-state index in [1.807, 2.05) is 6.07 Å². The van der Waals surface area contributed by atoms with Gasteiger partial charge in [-0.25, -0.2) is 4.58 Å². The van der Waals surface area contributed by atoms with Crippen LogP contribution in [0.2, 0.25) is 0 Å². The van der Waals surface area contributed by atoms with E-state index in [9.17, 15) is 0 Å². The van der Waals surface area contributed by atoms with Crippen LogP contribution in [0.15, 0.2) is 6.07 Å². The Labute approximate surface area is 125 Å². The van der Waals surface area contributed by atoms with Crippen LogP contribution < -0.4 is 38.2 Å². The molecule has 4 nitrogen and oxygen atoms in total. The van der Waals surface area contributed by atoms with E-state index in [1.54, 1.807) is 21.3 Å². The van der Waals surface area contributed by atoms with Crippen molar-refractivity contribution in [3.8, 4) is 17.2 Å². The number of rotatable bonds is 3. The first-order valence-electron chi connectivity index (χ1n) is 5.58. The van der Waals surface area contributed by atoms with Crippen LogP contribution in [-0.2, 0) is 6.42 Å². The van der Waals surface area contributed by atoms with Crippen molar-refractivity contribution in [1.29, 1.82) is 0 Å². The molecule has 1 heterocycles. The van der Waals surface area contributed by atoms with Crippen molar-refractivity contribution in [2.45, 2.75) is 6.42 Å². The van der Waals surface area contributed by atoms with E-state index in [2.05, 4.69) is 17.8 Å². The second-order valence-electron chi connectivity index (χ2n) is 4.08. The number of hydrogen-bond acceptors (Lipinski definition) is 3. The van der Waals surface area contributed by atoms with Crippen molar-refractivity contribution < 1.29 is 42.8 Å². The van der Waals surface area contributed by atoms with E-state index in [0.29, 0.717) is 5.75 Å². The minimum absolute atomic E-state index is 0. The second kappa shape index (κ2) is 6.26. The molecule has 5 heteroatoms. The molecule has 1 aliphatic heterocycles. The lowest BCUT2D eigenvalue weighted by Gasteiger charge is -2.18. The van der Waals surface area contributed by atoms with E-state index in [-0.39, 0.29) is 24.0 Å². The number of halogens is 1. The Morgan fingerprint density at radius 3 is 2.28 bits per heavy atom. The van der Waals surface area contributed by atoms with Crippen LogP contribution in [0.4, 0.5) is 0 Å². The first-order chi connectivity index (χ1) is 8.21. The van der Waals surface area contributed by atoms with Gasteiger partial charge in [-0.05, 0) is 11.6 Å². The molecular weight excluding hydrogens is 345 g/mol. The molecule has 0 unspecified atom stereocenters. The smallest absolute Gasteiger partial charge is 0.204 e. The molecule has 0 atom stereocenters. The predicted molar refractivity (Wildman–Crippen MR) is 66.0 cm³/mol. The first-order valence-corrected chi connectivity index (χ1v) is 5.58. The summed E-state index contributed by atoms with van der Waals surface area (Å²) in [5, 5.41) is 0. The molecule has 2 rings (SSSR count). The molecule has 0 N–H and O–H groups in total. The van der Waals surface area contributed by atoms with Crippen molar-refractivity contribution in [2.24, 2.45) is 0 Å². The van der Waals surface area contributed by atoms with E-state index >= 15 is 0 Å². The van der Waals surface area contributed by atoms with Crippen LogP contribution in [-0.4, -0.2) is 45.7 Å². The van der Waals surface area contributed by atoms with Crippen LogP contribution in [0, 0.1) is 0 Å². The van der Waals surface area contributed by atoms with Crippen LogP contribution in [0.3, 0.4) is 0 Å². The summed E-state index contributed by atoms with van der Waals surface area (Å²) in [4.78, 5) is 0. The minimum Gasteiger partial charge on any atom is -1.00 e. The Bertz CT molecular complexity index is 472. The highest BCUT2D eigenvalue weighted by Gasteiger charge is 2.24. The third kappa shape index (κ3) is 2.55. The van der Waals surface area contributed by atoms with E-state index < -0.39 is 0 Å². The van der Waals surface area contributed by atoms with Gasteiger partial charge in [-0.1, -0.05) is 0 Å². The Balaban J connectivity index is 0.00000162. The van der Waals surface area contributed by atoms with Gasteiger partial charge in [0.05, 0.1) is 26.9 Å². The summed E-state index contributed by atoms with van der Waals surface area (Å²) >= 11 is 0. The van der Waals surface area contributed by atoms with Gasteiger partial charge in [0.25, 0.3) is 0 Å². The highest BCUT2D eigenvalue weighted by molar-refractivity contribution is 5.86. The number of methoxy groups -OCH3 is 3. The Morgan fingerprint density at radius 1 is 1.06 bits per heavy atom. The van der Waals surface area contributed by atoms with Crippen LogP contribution >= 0.6 is 0 Å². The lowest BCUT2D eigenvalue weighted by molar-refractivity contribution is -0.493. The summed E-state index contributed by atoms with van der Waals surface area (Å²) in [6.07, 6.45) is 3.07. The van der Waals surface area contributed by atoms with Gasteiger partial charge < -0.3 is 38.2 Å². The zero-order chi connectivity index (χ0) is 12.4. The highest BCUT2D eigenvalue weighted by atomic mass is 127. The van der Waals surface area contributed by atoms with Gasteiger partial charge in [-0.15, -0.1) is 0 Å². The maximum atomic E-state index is 5.46. The molecule has 1 aliphatic rings. The van der Waals surface area contributed by atoms with Crippen molar-refractivity contribution in [3.05, 3.63) is 17.2 Å². The van der Waals surface area contributed by atoms with E-state index in [4.69, 9.17) is 14.2 Å². The van der Waals surface area contributed by atoms with Gasteiger partial charge in [0, 0.05) is 6.42 Å². The zero-order valence-corrected chi connectivity index (χ0v) is 13.3. The number of benzene rings is 1. The third-order valence-corrected chi connectivity index (χ3v) is 3.04. The molecular formula is C13H18INO3. The summed E-state index contributed by atoms with van der Waals surface area (Å²) in [6, 6.07) is 2.03. The van der Waals surface area contributed by atoms with Gasteiger partial charge >= 0.3 is 0 Å². The third-order valence-electron chi connectivity index (χ3n) is 3.04. The molecule has 0 fully saturated rings. The molecule has 100 valence electrons. The van der Waals surface area contributed by atoms with Crippen LogP contribution in [0.5, 0.6) is 17.2 Å². The average molecular weight is 363 g/mol. The Morgan fingerprint density at radius 2 is 1.72 bits per heavy atom. The fraction of sp³-hybridized carbons (Fsp3) is 0.462. The topological polar surface area (TPSA) is 30.7 Å². The van der Waals surface area contributed by atoms with Crippen LogP contribution in [0.1, 0.15) is 11.1 Å². The molecule has 0 spiro atoms. The number of nitrogens with zero attached hydrogens (tertiary/aromatic N) is 1. The van der Waals surface area contributed by atoms with E-state index in [0.717, 1.165) is 30.0 Å². The van der Waals surface area contributed by atoms with Gasteiger partial charge in [0.2, 0.25) is 5.75 Å². The molecule has 0 aromatic heterocycles. The lowest BCUT2D eigenvalue weighted by Crippen LogP contribution is -3.00. The fourth-order valence-electron chi connectivity index (χ4n) is 2.16. The monoisotopic (exact) mass is 363 g/mol. The normalized spacial score (nSPS) is 13.0. The predicted octanol–water partition coefficient (Wildman–Crippen LogP) is -1.67. The second-order valence-corrected chi connectivity index (χ2v) is 4.08. The molecule has 0 bridgehead atoms. The van der Waals surface area contributed by atoms with Gasteiger partial charge in [-0.2, -0.15) is 0 Å². The zero-order valence-electron chi connectivity index (χ0n) is 11.1. The quantitative estimate of drug-likeness (QED) is 0.476. The molecule has 0 aliphatic carbocycles. The van der Waals surface area contributed by atoms with Crippen molar-refractivity contribution in [2.75, 3.05) is 34.9 Å². The molecule has 0 amide bonds. The Kier molecular flexibility index (Phi) is 5.25.